The van der Waals surface area contributed by atoms with Crippen molar-refractivity contribution >= 4 is 6.09 Å². The number of hydrogen-bond donors (Lipinski definition) is 1. The van der Waals surface area contributed by atoms with Gasteiger partial charge in [-0.25, -0.2) is 4.79 Å². The average Bonchev–Trinajstić information content (AvgIpc) is 2.40. The third-order valence-electron chi connectivity index (χ3n) is 5.22. The number of nitrogens with zero attached hydrogens (tertiary/aromatic N) is 1. The highest BCUT2D eigenvalue weighted by molar-refractivity contribution is 5.68. The first-order chi connectivity index (χ1) is 10.6. The van der Waals surface area contributed by atoms with Gasteiger partial charge < -0.3 is 15.0 Å². The van der Waals surface area contributed by atoms with Crippen LogP contribution in [0.4, 0.5) is 4.79 Å². The fraction of sp³-hybridized carbons (Fsp3) is 0.947. The van der Waals surface area contributed by atoms with Crippen molar-refractivity contribution in [3.63, 3.8) is 0 Å². The van der Waals surface area contributed by atoms with Crippen LogP contribution in [-0.2, 0) is 4.74 Å². The van der Waals surface area contributed by atoms with Crippen molar-refractivity contribution in [2.24, 2.45) is 11.3 Å². The van der Waals surface area contributed by atoms with Crippen LogP contribution in [0.2, 0.25) is 0 Å². The molecule has 2 fully saturated rings. The first-order valence-electron chi connectivity index (χ1n) is 9.30. The van der Waals surface area contributed by atoms with Gasteiger partial charge in [0.1, 0.15) is 5.60 Å². The zero-order chi connectivity index (χ0) is 17.3. The number of nitrogens with one attached hydrogen (secondary N) is 1. The van der Waals surface area contributed by atoms with Gasteiger partial charge in [-0.15, -0.1) is 0 Å². The average molecular weight is 325 g/mol. The van der Waals surface area contributed by atoms with Gasteiger partial charge in [0.05, 0.1) is 0 Å². The zero-order valence-electron chi connectivity index (χ0n) is 15.9. The molecule has 0 spiro atoms. The molecule has 2 rings (SSSR count). The predicted octanol–water partition coefficient (Wildman–Crippen LogP) is 4.19. The molecule has 23 heavy (non-hydrogen) atoms. The normalized spacial score (nSPS) is 31.7. The number of likely N-dealkylation sites (tertiary alicyclic amines) is 1. The lowest BCUT2D eigenvalue weighted by Gasteiger charge is -2.43. The number of carbonyl (C=O) groups excluding carboxylic acids is 1. The standard InChI is InChI=1S/C19H36N2O2/c1-14-12-19(5,6)10-9-16(14)20-15-8-7-11-21(13-15)17(22)23-18(2,3)4/h14-16,20H,7-13H2,1-6H3. The third-order valence-corrected chi connectivity index (χ3v) is 5.22. The number of carbonyl (C=O) groups is 1. The summed E-state index contributed by atoms with van der Waals surface area (Å²) in [6.45, 7) is 14.5. The Morgan fingerprint density at radius 1 is 1.26 bits per heavy atom. The molecule has 2 aliphatic rings. The maximum atomic E-state index is 12.3. The maximum Gasteiger partial charge on any atom is 0.410 e. The number of piperidine rings is 1. The Morgan fingerprint density at radius 3 is 2.57 bits per heavy atom. The molecule has 0 aromatic carbocycles. The number of ether oxygens (including phenoxy) is 1. The van der Waals surface area contributed by atoms with Crippen LogP contribution in [0.1, 0.15) is 73.6 Å². The summed E-state index contributed by atoms with van der Waals surface area (Å²) in [5.74, 6) is 0.704. The molecule has 1 aliphatic heterocycles. The monoisotopic (exact) mass is 324 g/mol. The predicted molar refractivity (Wildman–Crippen MR) is 94.5 cm³/mol. The topological polar surface area (TPSA) is 41.6 Å². The van der Waals surface area contributed by atoms with Crippen LogP contribution in [0.25, 0.3) is 0 Å². The summed E-state index contributed by atoms with van der Waals surface area (Å²) in [5, 5.41) is 3.84. The second-order valence-electron chi connectivity index (χ2n) is 9.42. The van der Waals surface area contributed by atoms with Gasteiger partial charge in [0, 0.05) is 25.2 Å². The second-order valence-corrected chi connectivity index (χ2v) is 9.42. The minimum Gasteiger partial charge on any atom is -0.444 e. The van der Waals surface area contributed by atoms with Crippen molar-refractivity contribution in [3.05, 3.63) is 0 Å². The van der Waals surface area contributed by atoms with E-state index in [1.807, 2.05) is 25.7 Å². The first kappa shape index (κ1) is 18.6. The van der Waals surface area contributed by atoms with E-state index in [4.69, 9.17) is 4.74 Å². The Morgan fingerprint density at radius 2 is 1.96 bits per heavy atom. The Bertz CT molecular complexity index is 414. The molecular formula is C19H36N2O2. The molecule has 4 heteroatoms. The van der Waals surface area contributed by atoms with Crippen LogP contribution in [0.5, 0.6) is 0 Å². The van der Waals surface area contributed by atoms with Crippen molar-refractivity contribution in [1.29, 1.82) is 0 Å². The molecule has 4 nitrogen and oxygen atoms in total. The molecule has 1 amide bonds. The molecule has 1 aliphatic carbocycles. The third kappa shape index (κ3) is 5.66. The zero-order valence-corrected chi connectivity index (χ0v) is 15.9. The van der Waals surface area contributed by atoms with Crippen LogP contribution < -0.4 is 5.32 Å². The quantitative estimate of drug-likeness (QED) is 0.828. The highest BCUT2D eigenvalue weighted by Gasteiger charge is 2.35. The molecule has 1 saturated carbocycles. The van der Waals surface area contributed by atoms with Gasteiger partial charge in [-0.1, -0.05) is 20.8 Å². The highest BCUT2D eigenvalue weighted by Crippen LogP contribution is 2.38. The fourth-order valence-corrected chi connectivity index (χ4v) is 4.10. The van der Waals surface area contributed by atoms with Crippen LogP contribution in [0, 0.1) is 11.3 Å². The van der Waals surface area contributed by atoms with Crippen LogP contribution in [0.3, 0.4) is 0 Å². The smallest absolute Gasteiger partial charge is 0.410 e. The van der Waals surface area contributed by atoms with Crippen molar-refractivity contribution in [3.8, 4) is 0 Å². The van der Waals surface area contributed by atoms with Gasteiger partial charge in [0.25, 0.3) is 0 Å². The molecule has 0 radical (unpaired) electrons. The Kier molecular flexibility index (Phi) is 5.65. The van der Waals surface area contributed by atoms with Crippen LogP contribution in [0.15, 0.2) is 0 Å². The highest BCUT2D eigenvalue weighted by atomic mass is 16.6. The lowest BCUT2D eigenvalue weighted by Crippen LogP contribution is -2.54. The van der Waals surface area contributed by atoms with E-state index >= 15 is 0 Å². The van der Waals surface area contributed by atoms with E-state index in [9.17, 15) is 4.79 Å². The van der Waals surface area contributed by atoms with Crippen molar-refractivity contribution < 1.29 is 9.53 Å². The molecule has 0 aromatic heterocycles. The summed E-state index contributed by atoms with van der Waals surface area (Å²) < 4.78 is 5.52. The maximum absolute atomic E-state index is 12.3. The van der Waals surface area contributed by atoms with Gasteiger partial charge in [-0.05, 0) is 64.2 Å². The molecular weight excluding hydrogens is 288 g/mol. The first-order valence-corrected chi connectivity index (χ1v) is 9.30. The van der Waals surface area contributed by atoms with E-state index in [1.165, 1.54) is 19.3 Å². The lowest BCUT2D eigenvalue weighted by molar-refractivity contribution is 0.0172. The molecule has 1 N–H and O–H groups in total. The van der Waals surface area contributed by atoms with E-state index in [0.717, 1.165) is 25.9 Å². The van der Waals surface area contributed by atoms with Crippen molar-refractivity contribution in [2.75, 3.05) is 13.1 Å². The number of amides is 1. The minimum atomic E-state index is -0.416. The molecule has 0 bridgehead atoms. The van der Waals surface area contributed by atoms with E-state index in [2.05, 4.69) is 26.1 Å². The van der Waals surface area contributed by atoms with Crippen molar-refractivity contribution in [1.82, 2.24) is 10.2 Å². The van der Waals surface area contributed by atoms with Crippen LogP contribution in [-0.4, -0.2) is 41.8 Å². The van der Waals surface area contributed by atoms with Gasteiger partial charge in [0.15, 0.2) is 0 Å². The van der Waals surface area contributed by atoms with E-state index < -0.39 is 5.60 Å². The minimum absolute atomic E-state index is 0.165. The molecule has 1 saturated heterocycles. The summed E-state index contributed by atoms with van der Waals surface area (Å²) in [5.41, 5.74) is 0.0631. The molecule has 3 unspecified atom stereocenters. The summed E-state index contributed by atoms with van der Waals surface area (Å²) >= 11 is 0. The van der Waals surface area contributed by atoms with Gasteiger partial charge in [-0.2, -0.15) is 0 Å². The molecule has 0 aromatic rings. The number of rotatable bonds is 2. The number of hydrogen-bond acceptors (Lipinski definition) is 3. The van der Waals surface area contributed by atoms with Crippen LogP contribution >= 0.6 is 0 Å². The van der Waals surface area contributed by atoms with E-state index in [-0.39, 0.29) is 6.09 Å². The SMILES string of the molecule is CC1CC(C)(C)CCC1NC1CCCN(C(=O)OC(C)(C)C)C1. The molecule has 134 valence electrons. The van der Waals surface area contributed by atoms with E-state index in [1.54, 1.807) is 0 Å². The Balaban J connectivity index is 1.86. The van der Waals surface area contributed by atoms with E-state index in [0.29, 0.717) is 23.4 Å². The summed E-state index contributed by atoms with van der Waals surface area (Å²) in [6, 6.07) is 0.997. The fourth-order valence-electron chi connectivity index (χ4n) is 4.10. The molecule has 3 atom stereocenters. The Hall–Kier alpha value is -0.770. The van der Waals surface area contributed by atoms with Gasteiger partial charge in [-0.3, -0.25) is 0 Å². The summed E-state index contributed by atoms with van der Waals surface area (Å²) in [4.78, 5) is 14.2. The van der Waals surface area contributed by atoms with Gasteiger partial charge >= 0.3 is 6.09 Å². The molecule has 1 heterocycles. The van der Waals surface area contributed by atoms with Crippen molar-refractivity contribution in [2.45, 2.75) is 91.3 Å². The summed E-state index contributed by atoms with van der Waals surface area (Å²) in [6.07, 6.45) is 5.87. The Labute approximate surface area is 142 Å². The van der Waals surface area contributed by atoms with Gasteiger partial charge in [0.2, 0.25) is 0 Å². The summed E-state index contributed by atoms with van der Waals surface area (Å²) in [7, 11) is 0. The largest absolute Gasteiger partial charge is 0.444 e. The second kappa shape index (κ2) is 7.00. The lowest BCUT2D eigenvalue weighted by atomic mass is 9.70.